The topological polar surface area (TPSA) is 113 Å². The number of hydrogen-bond donors (Lipinski definition) is 2. The van der Waals surface area contributed by atoms with E-state index in [1.165, 1.54) is 29.6 Å². The van der Waals surface area contributed by atoms with Crippen LogP contribution in [0.1, 0.15) is 52.3 Å². The lowest BCUT2D eigenvalue weighted by atomic mass is 10.1. The van der Waals surface area contributed by atoms with Crippen LogP contribution in [0, 0.1) is 20.8 Å². The fourth-order valence-electron chi connectivity index (χ4n) is 3.85. The normalized spacial score (nSPS) is 14.0. The van der Waals surface area contributed by atoms with Gasteiger partial charge in [-0.3, -0.25) is 14.7 Å². The number of aromatic nitrogens is 4. The Morgan fingerprint density at radius 2 is 1.70 bits per heavy atom. The molecule has 0 bridgehead atoms. The number of likely N-dealkylation sites (tertiary alicyclic amines) is 1. The van der Waals surface area contributed by atoms with E-state index in [0.717, 1.165) is 36.6 Å². The van der Waals surface area contributed by atoms with Gasteiger partial charge in [-0.15, -0.1) is 5.10 Å². The Morgan fingerprint density at radius 1 is 1.03 bits per heavy atom. The summed E-state index contributed by atoms with van der Waals surface area (Å²) in [6, 6.07) is 9.93. The number of amides is 1. The number of aliphatic carboxylic acids is 1. The summed E-state index contributed by atoms with van der Waals surface area (Å²) in [6.07, 6.45) is 0.468. The minimum atomic E-state index is -5.08. The maximum absolute atomic E-state index is 12.8. The minimum Gasteiger partial charge on any atom is -0.475 e. The molecule has 1 saturated heterocycles. The zero-order valence-corrected chi connectivity index (χ0v) is 20.8. The first-order chi connectivity index (χ1) is 17.4. The number of aryl methyl sites for hydroxylation is 3. The molecule has 198 valence electrons. The highest BCUT2D eigenvalue weighted by atomic mass is 19.4. The molecule has 0 radical (unpaired) electrons. The average molecular weight is 519 g/mol. The molecule has 0 spiro atoms. The summed E-state index contributed by atoms with van der Waals surface area (Å²) in [5, 5.41) is 18.9. The van der Waals surface area contributed by atoms with Crippen molar-refractivity contribution in [3.8, 4) is 5.69 Å². The second kappa shape index (κ2) is 12.0. The molecule has 0 aliphatic carbocycles. The van der Waals surface area contributed by atoms with Gasteiger partial charge in [0.2, 0.25) is 0 Å². The van der Waals surface area contributed by atoms with E-state index < -0.39 is 12.1 Å². The maximum Gasteiger partial charge on any atom is 0.490 e. The van der Waals surface area contributed by atoms with Crippen LogP contribution >= 0.6 is 0 Å². The number of carbonyl (C=O) groups excluding carboxylic acids is 1. The predicted molar refractivity (Wildman–Crippen MR) is 131 cm³/mol. The van der Waals surface area contributed by atoms with Crippen molar-refractivity contribution in [3.63, 3.8) is 0 Å². The SMILES string of the molecule is Cc1ccc(-n2nc(C)c(C(=O)Nc3ccc(CN4CCCCC4)nc3)n2)c(C)c1.O=C(O)C(F)(F)F. The van der Waals surface area contributed by atoms with Crippen LogP contribution in [0.3, 0.4) is 0 Å². The highest BCUT2D eigenvalue weighted by molar-refractivity contribution is 6.03. The van der Waals surface area contributed by atoms with E-state index in [2.05, 4.69) is 31.5 Å². The van der Waals surface area contributed by atoms with Crippen molar-refractivity contribution >= 4 is 17.6 Å². The largest absolute Gasteiger partial charge is 0.490 e. The lowest BCUT2D eigenvalue weighted by Gasteiger charge is -2.25. The quantitative estimate of drug-likeness (QED) is 0.513. The molecule has 1 amide bonds. The molecule has 9 nitrogen and oxygen atoms in total. The van der Waals surface area contributed by atoms with Crippen molar-refractivity contribution in [2.45, 2.75) is 52.8 Å². The molecule has 4 rings (SSSR count). The molecule has 37 heavy (non-hydrogen) atoms. The highest BCUT2D eigenvalue weighted by Crippen LogP contribution is 2.17. The smallest absolute Gasteiger partial charge is 0.475 e. The number of piperidine rings is 1. The second-order valence-electron chi connectivity index (χ2n) is 8.85. The summed E-state index contributed by atoms with van der Waals surface area (Å²) in [5.41, 5.74) is 5.68. The van der Waals surface area contributed by atoms with E-state index in [1.54, 1.807) is 13.1 Å². The van der Waals surface area contributed by atoms with Crippen LogP contribution in [0.5, 0.6) is 0 Å². The van der Waals surface area contributed by atoms with Crippen molar-refractivity contribution in [1.82, 2.24) is 24.9 Å². The molecule has 1 aliphatic rings. The number of pyridine rings is 1. The molecule has 3 heterocycles. The Hall–Kier alpha value is -3.80. The van der Waals surface area contributed by atoms with Crippen LogP contribution in [-0.4, -0.2) is 61.1 Å². The van der Waals surface area contributed by atoms with Gasteiger partial charge in [0, 0.05) is 6.54 Å². The summed E-state index contributed by atoms with van der Waals surface area (Å²) in [6.45, 7) is 8.98. The summed E-state index contributed by atoms with van der Waals surface area (Å²) >= 11 is 0. The number of halogens is 3. The van der Waals surface area contributed by atoms with Crippen LogP contribution in [0.15, 0.2) is 36.5 Å². The lowest BCUT2D eigenvalue weighted by molar-refractivity contribution is -0.192. The monoisotopic (exact) mass is 518 g/mol. The van der Waals surface area contributed by atoms with E-state index in [1.807, 2.05) is 38.1 Å². The van der Waals surface area contributed by atoms with Crippen LogP contribution in [0.2, 0.25) is 0 Å². The Labute approximate surface area is 212 Å². The van der Waals surface area contributed by atoms with Gasteiger partial charge in [-0.1, -0.05) is 24.1 Å². The summed E-state index contributed by atoms with van der Waals surface area (Å²) in [7, 11) is 0. The summed E-state index contributed by atoms with van der Waals surface area (Å²) < 4.78 is 31.7. The molecular formula is C25H29F3N6O3. The summed E-state index contributed by atoms with van der Waals surface area (Å²) in [5.74, 6) is -3.04. The third kappa shape index (κ3) is 7.84. The lowest BCUT2D eigenvalue weighted by Crippen LogP contribution is -2.29. The van der Waals surface area contributed by atoms with Crippen LogP contribution in [-0.2, 0) is 11.3 Å². The van der Waals surface area contributed by atoms with E-state index in [4.69, 9.17) is 9.90 Å². The zero-order chi connectivity index (χ0) is 27.2. The molecule has 0 atom stereocenters. The fraction of sp³-hybridized carbons (Fsp3) is 0.400. The Kier molecular flexibility index (Phi) is 8.98. The van der Waals surface area contributed by atoms with Crippen molar-refractivity contribution in [2.75, 3.05) is 18.4 Å². The molecule has 1 fully saturated rings. The van der Waals surface area contributed by atoms with Gasteiger partial charge in [0.25, 0.3) is 5.91 Å². The third-order valence-corrected chi connectivity index (χ3v) is 5.72. The van der Waals surface area contributed by atoms with E-state index in [-0.39, 0.29) is 5.91 Å². The number of benzene rings is 1. The molecule has 3 aromatic rings. The van der Waals surface area contributed by atoms with Crippen molar-refractivity contribution in [2.24, 2.45) is 0 Å². The molecule has 0 unspecified atom stereocenters. The fourth-order valence-corrected chi connectivity index (χ4v) is 3.85. The molecule has 1 aliphatic heterocycles. The van der Waals surface area contributed by atoms with Crippen molar-refractivity contribution < 1.29 is 27.9 Å². The number of anilines is 1. The molecule has 1 aromatic carbocycles. The van der Waals surface area contributed by atoms with Gasteiger partial charge in [0.05, 0.1) is 29.0 Å². The molecule has 2 aromatic heterocycles. The molecule has 2 N–H and O–H groups in total. The average Bonchev–Trinajstić information content (AvgIpc) is 3.22. The van der Waals surface area contributed by atoms with Crippen LogP contribution in [0.25, 0.3) is 5.69 Å². The second-order valence-corrected chi connectivity index (χ2v) is 8.85. The Bertz CT molecular complexity index is 1240. The highest BCUT2D eigenvalue weighted by Gasteiger charge is 2.38. The zero-order valence-electron chi connectivity index (χ0n) is 20.8. The number of nitrogens with zero attached hydrogens (tertiary/aromatic N) is 5. The van der Waals surface area contributed by atoms with Gasteiger partial charge in [-0.05, 0) is 70.5 Å². The molecule has 0 saturated carbocycles. The number of alkyl halides is 3. The number of carbonyl (C=O) groups is 2. The number of nitrogens with one attached hydrogen (secondary N) is 1. The number of carboxylic acid groups (broad SMARTS) is 1. The van der Waals surface area contributed by atoms with Crippen LogP contribution < -0.4 is 5.32 Å². The van der Waals surface area contributed by atoms with Crippen LogP contribution in [0.4, 0.5) is 18.9 Å². The van der Waals surface area contributed by atoms with Gasteiger partial charge in [-0.25, -0.2) is 4.79 Å². The van der Waals surface area contributed by atoms with E-state index in [0.29, 0.717) is 17.1 Å². The van der Waals surface area contributed by atoms with Gasteiger partial charge >= 0.3 is 12.1 Å². The number of hydrogen-bond acceptors (Lipinski definition) is 6. The standard InChI is InChI=1S/C23H28N6O.C2HF3O2/c1-16-7-10-21(17(2)13-16)29-26-18(3)22(27-29)23(30)25-19-8-9-20(24-14-19)15-28-11-5-4-6-12-28;3-2(4,5)1(6)7/h7-10,13-14H,4-6,11-12,15H2,1-3H3,(H,25,30);(H,6,7). The van der Waals surface area contributed by atoms with Gasteiger partial charge in [-0.2, -0.15) is 23.1 Å². The maximum atomic E-state index is 12.8. The van der Waals surface area contributed by atoms with E-state index >= 15 is 0 Å². The first-order valence-electron chi connectivity index (χ1n) is 11.7. The van der Waals surface area contributed by atoms with E-state index in [9.17, 15) is 18.0 Å². The number of rotatable bonds is 5. The molecule has 12 heteroatoms. The first kappa shape index (κ1) is 27.8. The predicted octanol–water partition coefficient (Wildman–Crippen LogP) is 4.46. The summed E-state index contributed by atoms with van der Waals surface area (Å²) in [4.78, 5) is 30.1. The van der Waals surface area contributed by atoms with Gasteiger partial charge < -0.3 is 10.4 Å². The van der Waals surface area contributed by atoms with Gasteiger partial charge in [0.15, 0.2) is 5.69 Å². The Balaban J connectivity index is 0.000000479. The third-order valence-electron chi connectivity index (χ3n) is 5.72. The first-order valence-corrected chi connectivity index (χ1v) is 11.7. The van der Waals surface area contributed by atoms with Crippen molar-refractivity contribution in [3.05, 3.63) is 64.7 Å². The Morgan fingerprint density at radius 3 is 2.27 bits per heavy atom. The molecular weight excluding hydrogens is 489 g/mol. The number of carboxylic acids is 1. The van der Waals surface area contributed by atoms with Crippen molar-refractivity contribution in [1.29, 1.82) is 0 Å². The minimum absolute atomic E-state index is 0.283. The van der Waals surface area contributed by atoms with Gasteiger partial charge in [0.1, 0.15) is 0 Å².